The first-order valence-corrected chi connectivity index (χ1v) is 17.3. The van der Waals surface area contributed by atoms with Gasteiger partial charge in [-0.2, -0.15) is 0 Å². The molecule has 0 fully saturated rings. The third-order valence-corrected chi connectivity index (χ3v) is 16.7. The molecule has 0 bridgehead atoms. The van der Waals surface area contributed by atoms with Crippen LogP contribution in [0.25, 0.3) is 11.0 Å². The van der Waals surface area contributed by atoms with Gasteiger partial charge in [0.15, 0.2) is 5.82 Å². The van der Waals surface area contributed by atoms with Crippen molar-refractivity contribution in [3.8, 4) is 5.75 Å². The Morgan fingerprint density at radius 3 is 2.27 bits per heavy atom. The van der Waals surface area contributed by atoms with Gasteiger partial charge >= 0.3 is 0 Å². The molecule has 4 aromatic rings. The van der Waals surface area contributed by atoms with Gasteiger partial charge in [-0.05, 0) is 52.1 Å². The van der Waals surface area contributed by atoms with Gasteiger partial charge < -0.3 is 14.8 Å². The van der Waals surface area contributed by atoms with Gasteiger partial charge in [-0.1, -0.05) is 47.6 Å². The molecule has 220 valence electrons. The second-order valence-corrected chi connectivity index (χ2v) is 18.8. The Morgan fingerprint density at radius 2 is 1.66 bits per heavy atom. The van der Waals surface area contributed by atoms with E-state index >= 15 is 8.78 Å². The highest BCUT2D eigenvalue weighted by atomic mass is 32.2. The third-order valence-electron chi connectivity index (χ3n) is 8.23. The number of benzene rings is 2. The smallest absolute Gasteiger partial charge is 0.262 e. The fraction of sp³-hybridized carbons (Fsp3) is 0.367. The number of aliphatic hydroxyl groups is 1. The molecule has 11 heteroatoms. The Kier molecular flexibility index (Phi) is 8.63. The number of pyridine rings is 1. The molecular weight excluding hydrogens is 564 g/mol. The normalized spacial score (nSPS) is 13.4. The van der Waals surface area contributed by atoms with Crippen LogP contribution in [0.5, 0.6) is 5.75 Å². The molecule has 0 aliphatic rings. The molecule has 2 heterocycles. The Bertz CT molecular complexity index is 1650. The Labute approximate surface area is 241 Å². The zero-order chi connectivity index (χ0) is 30.3. The van der Waals surface area contributed by atoms with Gasteiger partial charge in [0.05, 0.1) is 31.3 Å². The maximum Gasteiger partial charge on any atom is 0.262 e. The van der Waals surface area contributed by atoms with Crippen molar-refractivity contribution >= 4 is 40.0 Å². The van der Waals surface area contributed by atoms with Crippen LogP contribution in [0.15, 0.2) is 59.8 Å². The lowest BCUT2D eigenvalue weighted by Gasteiger charge is -2.44. The van der Waals surface area contributed by atoms with Crippen LogP contribution in [0.2, 0.25) is 16.6 Å². The van der Waals surface area contributed by atoms with Crippen LogP contribution >= 0.6 is 0 Å². The number of rotatable bonds is 10. The van der Waals surface area contributed by atoms with Gasteiger partial charge in [0, 0.05) is 29.4 Å². The van der Waals surface area contributed by atoms with Gasteiger partial charge in [0.25, 0.3) is 10.0 Å². The summed E-state index contributed by atoms with van der Waals surface area (Å²) in [7, 11) is -5.14. The molecule has 0 amide bonds. The highest BCUT2D eigenvalue weighted by Crippen LogP contribution is 2.43. The van der Waals surface area contributed by atoms with Crippen LogP contribution < -0.4 is 14.6 Å². The molecule has 0 aliphatic heterocycles. The van der Waals surface area contributed by atoms with Crippen LogP contribution in [0.4, 0.5) is 14.5 Å². The Morgan fingerprint density at radius 1 is 1.00 bits per heavy atom. The predicted molar refractivity (Wildman–Crippen MR) is 161 cm³/mol. The van der Waals surface area contributed by atoms with E-state index < -0.39 is 47.1 Å². The molecule has 2 aromatic heterocycles. The predicted octanol–water partition coefficient (Wildman–Crippen LogP) is 6.62. The first kappa shape index (κ1) is 30.7. The fourth-order valence-electron chi connectivity index (χ4n) is 6.62. The van der Waals surface area contributed by atoms with E-state index in [2.05, 4.69) is 56.2 Å². The summed E-state index contributed by atoms with van der Waals surface area (Å²) >= 11 is 0. The van der Waals surface area contributed by atoms with Crippen molar-refractivity contribution in [3.05, 3.63) is 77.6 Å². The van der Waals surface area contributed by atoms with E-state index in [1.807, 2.05) is 6.07 Å². The number of sulfonamides is 1. The summed E-state index contributed by atoms with van der Waals surface area (Å²) < 4.78 is 64.5. The van der Waals surface area contributed by atoms with Crippen LogP contribution in [0.3, 0.4) is 0 Å². The number of nitrogens with zero attached hydrogens (tertiary/aromatic N) is 1. The topological polar surface area (TPSA) is 104 Å². The number of anilines is 1. The standard InChI is InChI=1S/C30H37F2N3O4SSi/c1-17(2)41(18(3)4,19(5)6)25-13-14-33-30-26(25)22(16-34-30)29(36)27-23(31)11-12-24(28(27)32)35-40(37,38)21-10-8-9-20(15-21)39-7/h8-19,29,35-36H,1-7H3,(H,33,34). The summed E-state index contributed by atoms with van der Waals surface area (Å²) in [6, 6.07) is 9.59. The lowest BCUT2D eigenvalue weighted by Crippen LogP contribution is -2.56. The maximum atomic E-state index is 15.9. The number of methoxy groups -OCH3 is 1. The minimum Gasteiger partial charge on any atom is -0.497 e. The van der Waals surface area contributed by atoms with Gasteiger partial charge in [-0.15, -0.1) is 0 Å². The molecule has 4 rings (SSSR count). The average Bonchev–Trinajstić information content (AvgIpc) is 3.35. The van der Waals surface area contributed by atoms with E-state index in [9.17, 15) is 13.5 Å². The molecule has 0 spiro atoms. The molecule has 1 atom stereocenters. The summed E-state index contributed by atoms with van der Waals surface area (Å²) in [6.07, 6.45) is 1.53. The van der Waals surface area contributed by atoms with Crippen LogP contribution in [0.1, 0.15) is 58.8 Å². The number of fused-ring (bicyclic) bond motifs is 1. The molecule has 7 nitrogen and oxygen atoms in total. The summed E-state index contributed by atoms with van der Waals surface area (Å²) in [5.41, 5.74) is 0.648. The monoisotopic (exact) mass is 601 g/mol. The molecule has 0 saturated heterocycles. The van der Waals surface area contributed by atoms with Crippen molar-refractivity contribution in [1.82, 2.24) is 9.97 Å². The van der Waals surface area contributed by atoms with Crippen LogP contribution in [0, 0.1) is 11.6 Å². The number of halogens is 2. The molecule has 2 aromatic carbocycles. The van der Waals surface area contributed by atoms with E-state index in [0.29, 0.717) is 33.4 Å². The van der Waals surface area contributed by atoms with Crippen molar-refractivity contribution in [3.63, 3.8) is 0 Å². The van der Waals surface area contributed by atoms with E-state index in [4.69, 9.17) is 4.74 Å². The van der Waals surface area contributed by atoms with Crippen molar-refractivity contribution in [2.24, 2.45) is 0 Å². The number of hydrogen-bond donors (Lipinski definition) is 3. The Balaban J connectivity index is 1.86. The van der Waals surface area contributed by atoms with E-state index in [1.54, 1.807) is 12.3 Å². The molecule has 1 unspecified atom stereocenters. The summed E-state index contributed by atoms with van der Waals surface area (Å²) in [5, 5.41) is 13.3. The molecule has 0 aliphatic carbocycles. The lowest BCUT2D eigenvalue weighted by atomic mass is 10.00. The minimum absolute atomic E-state index is 0.160. The maximum absolute atomic E-state index is 15.9. The first-order valence-electron chi connectivity index (χ1n) is 13.6. The quantitative estimate of drug-likeness (QED) is 0.177. The van der Waals surface area contributed by atoms with E-state index in [1.165, 1.54) is 31.5 Å². The van der Waals surface area contributed by atoms with Crippen LogP contribution in [-0.2, 0) is 10.0 Å². The highest BCUT2D eigenvalue weighted by Gasteiger charge is 2.46. The second kappa shape index (κ2) is 11.5. The van der Waals surface area contributed by atoms with Crippen LogP contribution in [-0.4, -0.2) is 38.7 Å². The van der Waals surface area contributed by atoms with Gasteiger partial charge in [-0.3, -0.25) is 4.72 Å². The summed E-state index contributed by atoms with van der Waals surface area (Å²) in [6.45, 7) is 13.2. The highest BCUT2D eigenvalue weighted by molar-refractivity contribution is 7.92. The van der Waals surface area contributed by atoms with Gasteiger partial charge in [0.2, 0.25) is 0 Å². The fourth-order valence-corrected chi connectivity index (χ4v) is 14.6. The molecule has 3 N–H and O–H groups in total. The number of aromatic amines is 1. The number of aromatic nitrogens is 2. The number of nitrogens with one attached hydrogen (secondary N) is 2. The molecule has 0 saturated carbocycles. The van der Waals surface area contributed by atoms with Crippen molar-refractivity contribution in [2.75, 3.05) is 11.8 Å². The Hall–Kier alpha value is -3.28. The van der Waals surface area contributed by atoms with Crippen molar-refractivity contribution in [2.45, 2.75) is 69.2 Å². The van der Waals surface area contributed by atoms with E-state index in [0.717, 1.165) is 17.3 Å². The number of hydrogen-bond acceptors (Lipinski definition) is 5. The van der Waals surface area contributed by atoms with Crippen molar-refractivity contribution in [1.29, 1.82) is 0 Å². The lowest BCUT2D eigenvalue weighted by molar-refractivity contribution is 0.211. The zero-order valence-electron chi connectivity index (χ0n) is 24.3. The number of aliphatic hydroxyl groups excluding tert-OH is 1. The summed E-state index contributed by atoms with van der Waals surface area (Å²) in [5.74, 6) is -1.90. The number of H-pyrrole nitrogens is 1. The molecular formula is C30H37F2N3O4SSi. The molecule has 0 radical (unpaired) electrons. The zero-order valence-corrected chi connectivity index (χ0v) is 26.1. The largest absolute Gasteiger partial charge is 0.497 e. The minimum atomic E-state index is -4.25. The third kappa shape index (κ3) is 5.26. The summed E-state index contributed by atoms with van der Waals surface area (Å²) in [4.78, 5) is 7.37. The van der Waals surface area contributed by atoms with Crippen molar-refractivity contribution < 1.29 is 27.0 Å². The number of ether oxygens (including phenoxy) is 1. The second-order valence-electron chi connectivity index (χ2n) is 11.2. The first-order chi connectivity index (χ1) is 19.3. The van der Waals surface area contributed by atoms with Gasteiger partial charge in [0.1, 0.15) is 23.3 Å². The van der Waals surface area contributed by atoms with E-state index in [-0.39, 0.29) is 10.5 Å². The van der Waals surface area contributed by atoms with Gasteiger partial charge in [-0.25, -0.2) is 22.2 Å². The molecule has 41 heavy (non-hydrogen) atoms. The average molecular weight is 602 g/mol. The SMILES string of the molecule is COc1cccc(S(=O)(=O)Nc2ccc(F)c(C(O)c3c[nH]c4nccc([Si](C(C)C)(C(C)C)C(C)C)c34)c2F)c1.